The number of aromatic nitrogens is 1. The summed E-state index contributed by atoms with van der Waals surface area (Å²) in [7, 11) is 0. The number of carbonyl (C=O) groups is 1. The highest BCUT2D eigenvalue weighted by Gasteiger charge is 2.21. The third-order valence-electron chi connectivity index (χ3n) is 3.83. The van der Waals surface area contributed by atoms with E-state index in [9.17, 15) is 4.79 Å². The van der Waals surface area contributed by atoms with Crippen LogP contribution in [0.5, 0.6) is 0 Å². The molecule has 110 valence electrons. The van der Waals surface area contributed by atoms with Gasteiger partial charge in [-0.1, -0.05) is 11.6 Å². The van der Waals surface area contributed by atoms with E-state index in [0.717, 1.165) is 47.7 Å². The van der Waals surface area contributed by atoms with Gasteiger partial charge >= 0.3 is 0 Å². The molecule has 1 aliphatic heterocycles. The summed E-state index contributed by atoms with van der Waals surface area (Å²) in [6, 6.07) is 5.75. The molecule has 0 unspecified atom stereocenters. The zero-order valence-corrected chi connectivity index (χ0v) is 13.4. The zero-order valence-electron chi connectivity index (χ0n) is 11.7. The minimum atomic E-state index is 0.122. The standard InChI is InChI=1S/C15H16ClN3OS/c1-10(20)18-4-6-19(7-5-18)14-9-17-13-3-2-11(21)8-12(13)15(14)16/h2-3,8-9,21H,4-7H2,1H3. The predicted molar refractivity (Wildman–Crippen MR) is 88.5 cm³/mol. The number of thiol groups is 1. The fourth-order valence-electron chi connectivity index (χ4n) is 2.62. The molecule has 0 spiro atoms. The summed E-state index contributed by atoms with van der Waals surface area (Å²) in [5, 5.41) is 1.61. The van der Waals surface area contributed by atoms with Gasteiger partial charge in [0.2, 0.25) is 5.91 Å². The third kappa shape index (κ3) is 2.80. The fourth-order valence-corrected chi connectivity index (χ4v) is 3.14. The third-order valence-corrected chi connectivity index (χ3v) is 4.51. The molecule has 0 radical (unpaired) electrons. The number of hydrogen-bond donors (Lipinski definition) is 1. The van der Waals surface area contributed by atoms with Gasteiger partial charge in [0.05, 0.1) is 22.4 Å². The van der Waals surface area contributed by atoms with Crippen LogP contribution in [0.1, 0.15) is 6.92 Å². The Bertz CT molecular complexity index is 699. The van der Waals surface area contributed by atoms with Crippen LogP contribution in [0.4, 0.5) is 5.69 Å². The average Bonchev–Trinajstić information content (AvgIpc) is 2.48. The lowest BCUT2D eigenvalue weighted by molar-refractivity contribution is -0.129. The van der Waals surface area contributed by atoms with Crippen molar-refractivity contribution in [3.8, 4) is 0 Å². The first-order chi connectivity index (χ1) is 10.1. The molecule has 0 saturated carbocycles. The number of nitrogens with zero attached hydrogens (tertiary/aromatic N) is 3. The monoisotopic (exact) mass is 321 g/mol. The van der Waals surface area contributed by atoms with Crippen molar-refractivity contribution in [2.75, 3.05) is 31.1 Å². The van der Waals surface area contributed by atoms with Crippen molar-refractivity contribution < 1.29 is 4.79 Å². The molecule has 0 aliphatic carbocycles. The van der Waals surface area contributed by atoms with Crippen LogP contribution in [0.25, 0.3) is 10.9 Å². The average molecular weight is 322 g/mol. The molecular weight excluding hydrogens is 306 g/mol. The van der Waals surface area contributed by atoms with E-state index in [4.69, 9.17) is 11.6 Å². The van der Waals surface area contributed by atoms with Crippen LogP contribution < -0.4 is 4.90 Å². The quantitative estimate of drug-likeness (QED) is 0.821. The second-order valence-corrected chi connectivity index (χ2v) is 6.05. The Labute approximate surface area is 134 Å². The largest absolute Gasteiger partial charge is 0.366 e. The van der Waals surface area contributed by atoms with Gasteiger partial charge in [-0.05, 0) is 18.2 Å². The van der Waals surface area contributed by atoms with Crippen LogP contribution in [0.3, 0.4) is 0 Å². The molecule has 1 fully saturated rings. The summed E-state index contributed by atoms with van der Waals surface area (Å²) in [6.45, 7) is 4.58. The van der Waals surface area contributed by atoms with Gasteiger partial charge in [0, 0.05) is 43.4 Å². The van der Waals surface area contributed by atoms with Crippen molar-refractivity contribution in [2.45, 2.75) is 11.8 Å². The predicted octanol–water partition coefficient (Wildman–Crippen LogP) is 2.85. The normalized spacial score (nSPS) is 15.6. The molecule has 1 saturated heterocycles. The Morgan fingerprint density at radius 1 is 1.29 bits per heavy atom. The first-order valence-electron chi connectivity index (χ1n) is 6.84. The van der Waals surface area contributed by atoms with Gasteiger partial charge in [0.15, 0.2) is 0 Å². The first-order valence-corrected chi connectivity index (χ1v) is 7.66. The smallest absolute Gasteiger partial charge is 0.219 e. The molecule has 3 rings (SSSR count). The highest BCUT2D eigenvalue weighted by molar-refractivity contribution is 7.80. The number of amides is 1. The molecule has 1 aromatic carbocycles. The fraction of sp³-hybridized carbons (Fsp3) is 0.333. The van der Waals surface area contributed by atoms with Crippen LogP contribution >= 0.6 is 24.2 Å². The molecule has 0 atom stereocenters. The SMILES string of the molecule is CC(=O)N1CCN(c2cnc3ccc(S)cc3c2Cl)CC1. The summed E-state index contributed by atoms with van der Waals surface area (Å²) in [5.74, 6) is 0.122. The van der Waals surface area contributed by atoms with Crippen molar-refractivity contribution in [1.29, 1.82) is 0 Å². The highest BCUT2D eigenvalue weighted by atomic mass is 35.5. The van der Waals surface area contributed by atoms with Gasteiger partial charge < -0.3 is 9.80 Å². The van der Waals surface area contributed by atoms with E-state index in [1.54, 1.807) is 6.92 Å². The number of pyridine rings is 1. The Morgan fingerprint density at radius 2 is 2.00 bits per heavy atom. The summed E-state index contributed by atoms with van der Waals surface area (Å²) >= 11 is 10.9. The van der Waals surface area contributed by atoms with E-state index < -0.39 is 0 Å². The van der Waals surface area contributed by atoms with Gasteiger partial charge in [-0.3, -0.25) is 9.78 Å². The number of rotatable bonds is 1. The summed E-state index contributed by atoms with van der Waals surface area (Å²) in [5.41, 5.74) is 1.79. The van der Waals surface area contributed by atoms with Gasteiger partial charge in [-0.2, -0.15) is 0 Å². The van der Waals surface area contributed by atoms with E-state index in [1.807, 2.05) is 29.3 Å². The molecule has 1 aliphatic rings. The van der Waals surface area contributed by atoms with Crippen LogP contribution in [0.2, 0.25) is 5.02 Å². The van der Waals surface area contributed by atoms with E-state index in [1.165, 1.54) is 0 Å². The van der Waals surface area contributed by atoms with Crippen molar-refractivity contribution >= 4 is 46.7 Å². The Kier molecular flexibility index (Phi) is 3.95. The van der Waals surface area contributed by atoms with E-state index >= 15 is 0 Å². The lowest BCUT2D eigenvalue weighted by atomic mass is 10.2. The Hall–Kier alpha value is -1.46. The van der Waals surface area contributed by atoms with Gasteiger partial charge in [-0.15, -0.1) is 12.6 Å². The number of anilines is 1. The molecule has 4 nitrogen and oxygen atoms in total. The number of hydrogen-bond acceptors (Lipinski definition) is 4. The maximum Gasteiger partial charge on any atom is 0.219 e. The Balaban J connectivity index is 1.91. The number of piperazine rings is 1. The minimum absolute atomic E-state index is 0.122. The van der Waals surface area contributed by atoms with Crippen molar-refractivity contribution in [3.05, 3.63) is 29.4 Å². The Morgan fingerprint density at radius 3 is 2.67 bits per heavy atom. The van der Waals surface area contributed by atoms with Crippen LogP contribution in [-0.2, 0) is 4.79 Å². The molecule has 0 bridgehead atoms. The van der Waals surface area contributed by atoms with Crippen molar-refractivity contribution in [2.24, 2.45) is 0 Å². The van der Waals surface area contributed by atoms with E-state index in [-0.39, 0.29) is 5.91 Å². The molecule has 2 heterocycles. The minimum Gasteiger partial charge on any atom is -0.366 e. The topological polar surface area (TPSA) is 36.4 Å². The van der Waals surface area contributed by atoms with Crippen molar-refractivity contribution in [3.63, 3.8) is 0 Å². The van der Waals surface area contributed by atoms with Crippen LogP contribution in [0, 0.1) is 0 Å². The molecule has 1 aromatic heterocycles. The number of halogens is 1. The molecule has 1 amide bonds. The number of fused-ring (bicyclic) bond motifs is 1. The second kappa shape index (κ2) is 5.73. The molecule has 2 aromatic rings. The number of carbonyl (C=O) groups excluding carboxylic acids is 1. The van der Waals surface area contributed by atoms with E-state index in [0.29, 0.717) is 5.02 Å². The summed E-state index contributed by atoms with van der Waals surface area (Å²) in [4.78, 5) is 20.8. The van der Waals surface area contributed by atoms with Gasteiger partial charge in [0.25, 0.3) is 0 Å². The lowest BCUT2D eigenvalue weighted by Gasteiger charge is -2.36. The highest BCUT2D eigenvalue weighted by Crippen LogP contribution is 2.33. The van der Waals surface area contributed by atoms with Gasteiger partial charge in [-0.25, -0.2) is 0 Å². The summed E-state index contributed by atoms with van der Waals surface area (Å²) in [6.07, 6.45) is 1.81. The molecule has 0 N–H and O–H groups in total. The van der Waals surface area contributed by atoms with Gasteiger partial charge in [0.1, 0.15) is 0 Å². The molecular formula is C15H16ClN3OS. The zero-order chi connectivity index (χ0) is 15.0. The molecule has 21 heavy (non-hydrogen) atoms. The summed E-state index contributed by atoms with van der Waals surface area (Å²) < 4.78 is 0. The maximum absolute atomic E-state index is 11.4. The lowest BCUT2D eigenvalue weighted by Crippen LogP contribution is -2.48. The van der Waals surface area contributed by atoms with E-state index in [2.05, 4.69) is 22.5 Å². The number of benzene rings is 1. The maximum atomic E-state index is 11.4. The van der Waals surface area contributed by atoms with Crippen LogP contribution in [0.15, 0.2) is 29.3 Å². The molecule has 6 heteroatoms. The van der Waals surface area contributed by atoms with Crippen molar-refractivity contribution in [1.82, 2.24) is 9.88 Å². The first kappa shape index (κ1) is 14.5. The van der Waals surface area contributed by atoms with Crippen LogP contribution in [-0.4, -0.2) is 42.0 Å². The second-order valence-electron chi connectivity index (χ2n) is 5.15.